The van der Waals surface area contributed by atoms with E-state index in [1.165, 1.54) is 0 Å². The molecule has 3 aromatic rings. The molecule has 0 amide bonds. The summed E-state index contributed by atoms with van der Waals surface area (Å²) < 4.78 is 16.1. The van der Waals surface area contributed by atoms with Crippen molar-refractivity contribution in [2.24, 2.45) is 0 Å². The fourth-order valence-corrected chi connectivity index (χ4v) is 2.74. The van der Waals surface area contributed by atoms with E-state index in [2.05, 4.69) is 9.97 Å². The van der Waals surface area contributed by atoms with Gasteiger partial charge in [0.2, 0.25) is 5.75 Å². The summed E-state index contributed by atoms with van der Waals surface area (Å²) in [6, 6.07) is 9.87. The van der Waals surface area contributed by atoms with Gasteiger partial charge in [-0.3, -0.25) is 0 Å². The Balaban J connectivity index is 1.97. The van der Waals surface area contributed by atoms with Crippen molar-refractivity contribution in [3.63, 3.8) is 0 Å². The normalized spacial score (nSPS) is 11.1. The Hall–Kier alpha value is -3.08. The molecule has 0 unspecified atom stereocenters. The van der Waals surface area contributed by atoms with Gasteiger partial charge in [0.15, 0.2) is 11.5 Å². The van der Waals surface area contributed by atoms with Gasteiger partial charge in [-0.15, -0.1) is 0 Å². The molecule has 5 heteroatoms. The molecule has 0 N–H and O–H groups in total. The van der Waals surface area contributed by atoms with Gasteiger partial charge in [0, 0.05) is 0 Å². The Morgan fingerprint density at radius 3 is 1.85 bits per heavy atom. The lowest BCUT2D eigenvalue weighted by Crippen LogP contribution is -1.95. The van der Waals surface area contributed by atoms with Crippen molar-refractivity contribution in [3.8, 4) is 17.2 Å². The van der Waals surface area contributed by atoms with Gasteiger partial charge in [0.25, 0.3) is 0 Å². The third kappa shape index (κ3) is 3.47. The van der Waals surface area contributed by atoms with E-state index in [9.17, 15) is 0 Å². The summed E-state index contributed by atoms with van der Waals surface area (Å²) in [4.78, 5) is 9.18. The molecule has 0 radical (unpaired) electrons. The first-order chi connectivity index (χ1) is 12.5. The highest BCUT2D eigenvalue weighted by Crippen LogP contribution is 2.38. The second kappa shape index (κ2) is 7.44. The zero-order chi connectivity index (χ0) is 18.7. The Morgan fingerprint density at radius 1 is 0.692 bits per heavy atom. The van der Waals surface area contributed by atoms with Crippen LogP contribution in [-0.2, 0) is 0 Å². The molecule has 1 heterocycles. The summed E-state index contributed by atoms with van der Waals surface area (Å²) in [5, 5.41) is 0. The van der Waals surface area contributed by atoms with Crippen LogP contribution in [0.25, 0.3) is 23.2 Å². The topological polar surface area (TPSA) is 53.5 Å². The largest absolute Gasteiger partial charge is 0.493 e. The third-order valence-corrected chi connectivity index (χ3v) is 4.25. The molecule has 0 spiro atoms. The van der Waals surface area contributed by atoms with Crippen molar-refractivity contribution in [1.82, 2.24) is 9.97 Å². The Bertz CT molecular complexity index is 955. The number of nitrogens with zero attached hydrogens (tertiary/aromatic N) is 2. The third-order valence-electron chi connectivity index (χ3n) is 4.25. The van der Waals surface area contributed by atoms with Gasteiger partial charge in [-0.05, 0) is 49.2 Å². The first-order valence-electron chi connectivity index (χ1n) is 8.28. The molecule has 0 saturated carbocycles. The molecule has 26 heavy (non-hydrogen) atoms. The number of hydrogen-bond acceptors (Lipinski definition) is 5. The Kier molecular flexibility index (Phi) is 5.07. The summed E-state index contributed by atoms with van der Waals surface area (Å²) >= 11 is 0. The summed E-state index contributed by atoms with van der Waals surface area (Å²) in [5.74, 6) is 1.84. The molecule has 0 fully saturated rings. The Labute approximate surface area is 153 Å². The van der Waals surface area contributed by atoms with Crippen molar-refractivity contribution >= 4 is 23.2 Å². The number of aromatic nitrogens is 2. The van der Waals surface area contributed by atoms with Crippen LogP contribution < -0.4 is 14.2 Å². The zero-order valence-corrected chi connectivity index (χ0v) is 15.7. The monoisotopic (exact) mass is 350 g/mol. The molecular formula is C21H22N2O3. The SMILES string of the molecule is COc1cc(/C=C/c2ccc3nc(C)c(C)nc3c2)cc(OC)c1OC. The second-order valence-electron chi connectivity index (χ2n) is 5.93. The van der Waals surface area contributed by atoms with E-state index in [0.29, 0.717) is 17.2 Å². The van der Waals surface area contributed by atoms with Gasteiger partial charge in [-0.25, -0.2) is 9.97 Å². The average Bonchev–Trinajstić information content (AvgIpc) is 2.66. The van der Waals surface area contributed by atoms with Crippen molar-refractivity contribution in [3.05, 3.63) is 52.8 Å². The fraction of sp³-hybridized carbons (Fsp3) is 0.238. The highest BCUT2D eigenvalue weighted by molar-refractivity contribution is 5.81. The van der Waals surface area contributed by atoms with Crippen LogP contribution >= 0.6 is 0 Å². The van der Waals surface area contributed by atoms with Crippen LogP contribution in [0.1, 0.15) is 22.5 Å². The first-order valence-corrected chi connectivity index (χ1v) is 8.28. The predicted molar refractivity (Wildman–Crippen MR) is 104 cm³/mol. The molecule has 0 aliphatic rings. The number of fused-ring (bicyclic) bond motifs is 1. The maximum atomic E-state index is 5.40. The van der Waals surface area contributed by atoms with E-state index in [0.717, 1.165) is 33.5 Å². The van der Waals surface area contributed by atoms with E-state index in [4.69, 9.17) is 14.2 Å². The molecular weight excluding hydrogens is 328 g/mol. The number of benzene rings is 2. The average molecular weight is 350 g/mol. The smallest absolute Gasteiger partial charge is 0.203 e. The minimum Gasteiger partial charge on any atom is -0.493 e. The molecule has 3 rings (SSSR count). The van der Waals surface area contributed by atoms with Crippen LogP contribution in [0.5, 0.6) is 17.2 Å². The number of aryl methyl sites for hydroxylation is 2. The molecule has 0 saturated heterocycles. The number of methoxy groups -OCH3 is 3. The second-order valence-corrected chi connectivity index (χ2v) is 5.93. The van der Waals surface area contributed by atoms with E-state index in [1.54, 1.807) is 21.3 Å². The number of ether oxygens (including phenoxy) is 3. The van der Waals surface area contributed by atoms with Gasteiger partial charge < -0.3 is 14.2 Å². The number of rotatable bonds is 5. The van der Waals surface area contributed by atoms with Crippen LogP contribution in [0.15, 0.2) is 30.3 Å². The standard InChI is InChI=1S/C21H22N2O3/c1-13-14(2)23-18-10-15(8-9-17(18)22-13)6-7-16-11-19(24-3)21(26-5)20(12-16)25-4/h6-12H,1-5H3/b7-6+. The fourth-order valence-electron chi connectivity index (χ4n) is 2.74. The molecule has 0 bridgehead atoms. The lowest BCUT2D eigenvalue weighted by atomic mass is 10.1. The minimum absolute atomic E-state index is 0.582. The van der Waals surface area contributed by atoms with E-state index < -0.39 is 0 Å². The predicted octanol–water partition coefficient (Wildman–Crippen LogP) is 4.44. The molecule has 0 aliphatic heterocycles. The lowest BCUT2D eigenvalue weighted by molar-refractivity contribution is 0.324. The van der Waals surface area contributed by atoms with E-state index in [1.807, 2.05) is 56.3 Å². The van der Waals surface area contributed by atoms with Crippen molar-refractivity contribution in [2.45, 2.75) is 13.8 Å². The lowest BCUT2D eigenvalue weighted by Gasteiger charge is -2.12. The zero-order valence-electron chi connectivity index (χ0n) is 15.7. The van der Waals surface area contributed by atoms with Crippen LogP contribution in [0.3, 0.4) is 0 Å². The molecule has 0 atom stereocenters. The summed E-state index contributed by atoms with van der Waals surface area (Å²) in [6.07, 6.45) is 4.02. The van der Waals surface area contributed by atoms with Gasteiger partial charge in [-0.2, -0.15) is 0 Å². The summed E-state index contributed by atoms with van der Waals surface area (Å²) in [5.41, 5.74) is 5.69. The minimum atomic E-state index is 0.582. The molecule has 0 aliphatic carbocycles. The first kappa shape index (κ1) is 17.7. The number of hydrogen-bond donors (Lipinski definition) is 0. The van der Waals surface area contributed by atoms with Crippen molar-refractivity contribution < 1.29 is 14.2 Å². The highest BCUT2D eigenvalue weighted by atomic mass is 16.5. The quantitative estimate of drug-likeness (QED) is 0.637. The van der Waals surface area contributed by atoms with E-state index >= 15 is 0 Å². The molecule has 1 aromatic heterocycles. The van der Waals surface area contributed by atoms with Crippen LogP contribution in [0.4, 0.5) is 0 Å². The Morgan fingerprint density at radius 2 is 1.27 bits per heavy atom. The maximum absolute atomic E-state index is 5.40. The van der Waals surface area contributed by atoms with E-state index in [-0.39, 0.29) is 0 Å². The molecule has 134 valence electrons. The van der Waals surface area contributed by atoms with Gasteiger partial charge in [0.05, 0.1) is 43.8 Å². The van der Waals surface area contributed by atoms with Crippen LogP contribution in [0, 0.1) is 13.8 Å². The highest BCUT2D eigenvalue weighted by Gasteiger charge is 2.12. The van der Waals surface area contributed by atoms with Crippen molar-refractivity contribution in [2.75, 3.05) is 21.3 Å². The summed E-state index contributed by atoms with van der Waals surface area (Å²) in [6.45, 7) is 3.94. The van der Waals surface area contributed by atoms with Gasteiger partial charge in [-0.1, -0.05) is 18.2 Å². The van der Waals surface area contributed by atoms with Crippen molar-refractivity contribution in [1.29, 1.82) is 0 Å². The molecule has 5 nitrogen and oxygen atoms in total. The van der Waals surface area contributed by atoms with Crippen LogP contribution in [-0.4, -0.2) is 31.3 Å². The molecule has 2 aromatic carbocycles. The van der Waals surface area contributed by atoms with Gasteiger partial charge >= 0.3 is 0 Å². The van der Waals surface area contributed by atoms with Crippen LogP contribution in [0.2, 0.25) is 0 Å². The summed E-state index contributed by atoms with van der Waals surface area (Å²) in [7, 11) is 4.81. The van der Waals surface area contributed by atoms with Gasteiger partial charge in [0.1, 0.15) is 0 Å². The maximum Gasteiger partial charge on any atom is 0.203 e.